The van der Waals surface area contributed by atoms with Gasteiger partial charge in [-0.15, -0.1) is 0 Å². The highest BCUT2D eigenvalue weighted by atomic mass is 19.1. The number of anilines is 1. The van der Waals surface area contributed by atoms with Gasteiger partial charge in [0.2, 0.25) is 0 Å². The number of aliphatic hydroxyl groups excluding tert-OH is 1. The molecule has 0 aromatic heterocycles. The van der Waals surface area contributed by atoms with Crippen molar-refractivity contribution in [3.63, 3.8) is 0 Å². The van der Waals surface area contributed by atoms with Gasteiger partial charge >= 0.3 is 0 Å². The van der Waals surface area contributed by atoms with E-state index in [-0.39, 0.29) is 24.2 Å². The van der Waals surface area contributed by atoms with Gasteiger partial charge in [-0.05, 0) is 42.8 Å². The first kappa shape index (κ1) is 13.4. The number of aromatic hydroxyl groups is 1. The van der Waals surface area contributed by atoms with Crippen LogP contribution in [0.4, 0.5) is 10.1 Å². The fourth-order valence-corrected chi connectivity index (χ4v) is 1.96. The lowest BCUT2D eigenvalue weighted by atomic mass is 10.1. The van der Waals surface area contributed by atoms with E-state index in [2.05, 4.69) is 5.32 Å². The van der Waals surface area contributed by atoms with Crippen LogP contribution in [0.25, 0.3) is 0 Å². The summed E-state index contributed by atoms with van der Waals surface area (Å²) in [5, 5.41) is 22.0. The smallest absolute Gasteiger partial charge is 0.123 e. The predicted molar refractivity (Wildman–Crippen MR) is 72.5 cm³/mol. The Morgan fingerprint density at radius 2 is 2.00 bits per heavy atom. The summed E-state index contributed by atoms with van der Waals surface area (Å²) in [4.78, 5) is 0. The van der Waals surface area contributed by atoms with E-state index >= 15 is 0 Å². The second-order valence-corrected chi connectivity index (χ2v) is 4.43. The van der Waals surface area contributed by atoms with E-state index in [1.54, 1.807) is 0 Å². The minimum atomic E-state index is -0.384. The van der Waals surface area contributed by atoms with Crippen molar-refractivity contribution in [2.24, 2.45) is 0 Å². The summed E-state index contributed by atoms with van der Waals surface area (Å²) in [6.45, 7) is 1.80. The number of benzene rings is 2. The molecule has 2 aromatic carbocycles. The summed E-state index contributed by atoms with van der Waals surface area (Å²) in [6, 6.07) is 10.9. The fourth-order valence-electron chi connectivity index (χ4n) is 1.96. The van der Waals surface area contributed by atoms with Crippen molar-refractivity contribution in [1.82, 2.24) is 0 Å². The largest absolute Gasteiger partial charge is 0.508 e. The molecule has 3 nitrogen and oxygen atoms in total. The molecule has 0 aliphatic heterocycles. The predicted octanol–water partition coefficient (Wildman–Crippen LogP) is 3.20. The van der Waals surface area contributed by atoms with Gasteiger partial charge in [0.25, 0.3) is 0 Å². The highest BCUT2D eigenvalue weighted by Gasteiger charge is 2.11. The van der Waals surface area contributed by atoms with Crippen LogP contribution in [-0.2, 0) is 6.61 Å². The summed E-state index contributed by atoms with van der Waals surface area (Å²) in [5.74, 6) is -0.328. The van der Waals surface area contributed by atoms with Crippen molar-refractivity contribution in [2.75, 3.05) is 5.32 Å². The molecule has 3 N–H and O–H groups in total. The Hall–Kier alpha value is -2.07. The number of aliphatic hydroxyl groups is 1. The molecule has 0 saturated carbocycles. The topological polar surface area (TPSA) is 52.5 Å². The van der Waals surface area contributed by atoms with E-state index in [1.165, 1.54) is 18.2 Å². The maximum atomic E-state index is 13.2. The van der Waals surface area contributed by atoms with Crippen LogP contribution >= 0.6 is 0 Å². The van der Waals surface area contributed by atoms with Crippen molar-refractivity contribution in [1.29, 1.82) is 0 Å². The first-order valence-electron chi connectivity index (χ1n) is 6.05. The zero-order chi connectivity index (χ0) is 13.8. The molecule has 2 aromatic rings. The number of hydrogen-bond acceptors (Lipinski definition) is 3. The number of phenols is 1. The molecule has 0 radical (unpaired) electrons. The van der Waals surface area contributed by atoms with Crippen LogP contribution in [0.1, 0.15) is 24.1 Å². The average molecular weight is 261 g/mol. The number of nitrogens with one attached hydrogen (secondary N) is 1. The molecule has 0 fully saturated rings. The molecule has 0 heterocycles. The SMILES string of the molecule is CC(Nc1cccc(CO)c1)c1cc(F)ccc1O. The number of phenolic OH excluding ortho intramolecular Hbond substituents is 1. The monoisotopic (exact) mass is 261 g/mol. The molecule has 0 aliphatic rings. The Morgan fingerprint density at radius 3 is 2.74 bits per heavy atom. The van der Waals surface area contributed by atoms with Crippen LogP contribution in [0.5, 0.6) is 5.75 Å². The summed E-state index contributed by atoms with van der Waals surface area (Å²) < 4.78 is 13.2. The van der Waals surface area contributed by atoms with Gasteiger partial charge < -0.3 is 15.5 Å². The van der Waals surface area contributed by atoms with Gasteiger partial charge in [-0.3, -0.25) is 0 Å². The molecule has 0 amide bonds. The molecule has 0 bridgehead atoms. The highest BCUT2D eigenvalue weighted by Crippen LogP contribution is 2.27. The van der Waals surface area contributed by atoms with Gasteiger partial charge in [0.15, 0.2) is 0 Å². The van der Waals surface area contributed by atoms with Crippen LogP contribution in [0.3, 0.4) is 0 Å². The maximum absolute atomic E-state index is 13.2. The zero-order valence-corrected chi connectivity index (χ0v) is 10.6. The Labute approximate surface area is 111 Å². The molecule has 1 atom stereocenters. The summed E-state index contributed by atoms with van der Waals surface area (Å²) in [7, 11) is 0. The van der Waals surface area contributed by atoms with E-state index < -0.39 is 0 Å². The lowest BCUT2D eigenvalue weighted by Crippen LogP contribution is -2.07. The quantitative estimate of drug-likeness (QED) is 0.792. The minimum absolute atomic E-state index is 0.0326. The van der Waals surface area contributed by atoms with Crippen molar-refractivity contribution >= 4 is 5.69 Å². The standard InChI is InChI=1S/C15H16FNO2/c1-10(14-8-12(16)5-6-15(14)19)17-13-4-2-3-11(7-13)9-18/h2-8,10,17-19H,9H2,1H3. The van der Waals surface area contributed by atoms with Gasteiger partial charge in [-0.2, -0.15) is 0 Å². The Morgan fingerprint density at radius 1 is 1.21 bits per heavy atom. The Kier molecular flexibility index (Phi) is 4.02. The number of halogens is 1. The molecule has 100 valence electrons. The van der Waals surface area contributed by atoms with Crippen LogP contribution in [0, 0.1) is 5.82 Å². The third-order valence-corrected chi connectivity index (χ3v) is 2.95. The third kappa shape index (κ3) is 3.23. The number of hydrogen-bond donors (Lipinski definition) is 3. The minimum Gasteiger partial charge on any atom is -0.508 e. The van der Waals surface area contributed by atoms with Gasteiger partial charge in [0.1, 0.15) is 11.6 Å². The number of rotatable bonds is 4. The summed E-state index contributed by atoms with van der Waals surface area (Å²) >= 11 is 0. The summed E-state index contributed by atoms with van der Waals surface area (Å²) in [5.41, 5.74) is 2.10. The normalized spacial score (nSPS) is 12.2. The fraction of sp³-hybridized carbons (Fsp3) is 0.200. The molecule has 0 spiro atoms. The van der Waals surface area contributed by atoms with Crippen LogP contribution in [0.2, 0.25) is 0 Å². The van der Waals surface area contributed by atoms with Crippen molar-refractivity contribution in [3.05, 3.63) is 59.4 Å². The van der Waals surface area contributed by atoms with Gasteiger partial charge in [0, 0.05) is 11.3 Å². The highest BCUT2D eigenvalue weighted by molar-refractivity contribution is 5.49. The van der Waals surface area contributed by atoms with Crippen molar-refractivity contribution in [3.8, 4) is 5.75 Å². The van der Waals surface area contributed by atoms with E-state index in [4.69, 9.17) is 5.11 Å². The van der Waals surface area contributed by atoms with Gasteiger partial charge in [-0.25, -0.2) is 4.39 Å². The van der Waals surface area contributed by atoms with Crippen LogP contribution < -0.4 is 5.32 Å². The molecule has 0 saturated heterocycles. The van der Waals surface area contributed by atoms with Crippen molar-refractivity contribution < 1.29 is 14.6 Å². The van der Waals surface area contributed by atoms with Gasteiger partial charge in [-0.1, -0.05) is 12.1 Å². The second kappa shape index (κ2) is 5.71. The van der Waals surface area contributed by atoms with E-state index in [1.807, 2.05) is 31.2 Å². The van der Waals surface area contributed by atoms with Gasteiger partial charge in [0.05, 0.1) is 12.6 Å². The lowest BCUT2D eigenvalue weighted by Gasteiger charge is -2.17. The molecule has 0 aliphatic carbocycles. The van der Waals surface area contributed by atoms with E-state index in [9.17, 15) is 9.50 Å². The maximum Gasteiger partial charge on any atom is 0.123 e. The van der Waals surface area contributed by atoms with E-state index in [0.29, 0.717) is 5.56 Å². The third-order valence-electron chi connectivity index (χ3n) is 2.95. The second-order valence-electron chi connectivity index (χ2n) is 4.43. The zero-order valence-electron chi connectivity index (χ0n) is 10.6. The molecule has 4 heteroatoms. The Balaban J connectivity index is 2.20. The molecule has 2 rings (SSSR count). The average Bonchev–Trinajstić information content (AvgIpc) is 2.41. The molecule has 1 unspecified atom stereocenters. The lowest BCUT2D eigenvalue weighted by molar-refractivity contribution is 0.282. The van der Waals surface area contributed by atoms with Crippen molar-refractivity contribution in [2.45, 2.75) is 19.6 Å². The molecular weight excluding hydrogens is 245 g/mol. The first-order chi connectivity index (χ1) is 9.10. The first-order valence-corrected chi connectivity index (χ1v) is 6.05. The van der Waals surface area contributed by atoms with Crippen LogP contribution in [-0.4, -0.2) is 10.2 Å². The molecular formula is C15H16FNO2. The van der Waals surface area contributed by atoms with Crippen LogP contribution in [0.15, 0.2) is 42.5 Å². The summed E-state index contributed by atoms with van der Waals surface area (Å²) in [6.07, 6.45) is 0. The Bertz CT molecular complexity index is 572. The van der Waals surface area contributed by atoms with E-state index in [0.717, 1.165) is 11.3 Å². The molecule has 19 heavy (non-hydrogen) atoms.